The fourth-order valence-corrected chi connectivity index (χ4v) is 5.39. The molecule has 0 aromatic heterocycles. The Kier molecular flexibility index (Phi) is 4.12. The van der Waals surface area contributed by atoms with Gasteiger partial charge in [-0.05, 0) is 17.7 Å². The topological polar surface area (TPSA) is 69.4 Å². The summed E-state index contributed by atoms with van der Waals surface area (Å²) in [5.74, 6) is -0.285. The molecule has 3 atom stereocenters. The highest BCUT2D eigenvalue weighted by Crippen LogP contribution is 2.63. The number of sulfone groups is 1. The smallest absolute Gasteiger partial charge is 0.152 e. The van der Waals surface area contributed by atoms with Gasteiger partial charge in [-0.2, -0.15) is 0 Å². The summed E-state index contributed by atoms with van der Waals surface area (Å²) < 4.78 is 29.3. The SMILES string of the molecule is COC[C@]1(C(N)=S)[C@H](c2ccc(Cl)cc2)[C@@H]1S(C)(=O)=O. The minimum atomic E-state index is -3.29. The van der Waals surface area contributed by atoms with Gasteiger partial charge in [-0.25, -0.2) is 8.42 Å². The van der Waals surface area contributed by atoms with Gasteiger partial charge in [0.2, 0.25) is 0 Å². The third kappa shape index (κ3) is 2.45. The van der Waals surface area contributed by atoms with Crippen LogP contribution in [0.4, 0.5) is 0 Å². The van der Waals surface area contributed by atoms with Crippen LogP contribution in [0.3, 0.4) is 0 Å². The molecule has 1 saturated carbocycles. The van der Waals surface area contributed by atoms with Crippen molar-refractivity contribution in [1.82, 2.24) is 0 Å². The van der Waals surface area contributed by atoms with Crippen LogP contribution in [-0.4, -0.2) is 38.6 Å². The van der Waals surface area contributed by atoms with Gasteiger partial charge in [0.1, 0.15) is 0 Å². The highest BCUT2D eigenvalue weighted by atomic mass is 35.5. The van der Waals surface area contributed by atoms with E-state index in [4.69, 9.17) is 34.3 Å². The molecule has 2 rings (SSSR count). The standard InChI is InChI=1S/C13H16ClNO3S2/c1-18-7-13(12(15)19)10(11(13)20(2,16)17)8-3-5-9(14)6-4-8/h3-6,10-11H,7H2,1-2H3,(H2,15,19)/t10-,11+,13+/m1/s1. The lowest BCUT2D eigenvalue weighted by Crippen LogP contribution is -2.32. The molecule has 1 aromatic carbocycles. The Balaban J connectivity index is 2.49. The zero-order valence-electron chi connectivity index (χ0n) is 11.2. The van der Waals surface area contributed by atoms with E-state index in [1.165, 1.54) is 13.4 Å². The van der Waals surface area contributed by atoms with Gasteiger partial charge in [0, 0.05) is 24.3 Å². The van der Waals surface area contributed by atoms with Crippen LogP contribution in [0.2, 0.25) is 5.02 Å². The van der Waals surface area contributed by atoms with Crippen molar-refractivity contribution in [3.8, 4) is 0 Å². The summed E-state index contributed by atoms with van der Waals surface area (Å²) >= 11 is 11.0. The van der Waals surface area contributed by atoms with Crippen LogP contribution >= 0.6 is 23.8 Å². The summed E-state index contributed by atoms with van der Waals surface area (Å²) in [6.07, 6.45) is 1.20. The quantitative estimate of drug-likeness (QED) is 0.832. The molecule has 0 unspecified atom stereocenters. The molecule has 0 aliphatic heterocycles. The zero-order chi connectivity index (χ0) is 15.1. The molecule has 1 aromatic rings. The molecule has 0 heterocycles. The van der Waals surface area contributed by atoms with E-state index in [1.54, 1.807) is 24.3 Å². The second-order valence-electron chi connectivity index (χ2n) is 5.12. The lowest BCUT2D eigenvalue weighted by molar-refractivity contribution is 0.166. The largest absolute Gasteiger partial charge is 0.393 e. The molecule has 0 bridgehead atoms. The minimum absolute atomic E-state index is 0.176. The predicted molar refractivity (Wildman–Crippen MR) is 83.9 cm³/mol. The first-order valence-electron chi connectivity index (χ1n) is 5.98. The Morgan fingerprint density at radius 3 is 2.40 bits per heavy atom. The van der Waals surface area contributed by atoms with Gasteiger partial charge >= 0.3 is 0 Å². The maximum Gasteiger partial charge on any atom is 0.152 e. The third-order valence-corrected chi connectivity index (χ3v) is 6.04. The Bertz CT molecular complexity index is 630. The number of rotatable bonds is 5. The Labute approximate surface area is 129 Å². The zero-order valence-corrected chi connectivity index (χ0v) is 13.6. The molecule has 0 radical (unpaired) electrons. The summed E-state index contributed by atoms with van der Waals surface area (Å²) in [5.41, 5.74) is 5.85. The number of hydrogen-bond acceptors (Lipinski definition) is 4. The molecule has 0 saturated heterocycles. The second-order valence-corrected chi connectivity index (χ2v) is 8.16. The van der Waals surface area contributed by atoms with Crippen molar-refractivity contribution in [2.45, 2.75) is 11.2 Å². The normalized spacial score (nSPS) is 29.1. The maximum absolute atomic E-state index is 12.0. The lowest BCUT2D eigenvalue weighted by atomic mass is 10.00. The first kappa shape index (κ1) is 15.7. The number of hydrogen-bond donors (Lipinski definition) is 1. The van der Waals surface area contributed by atoms with E-state index in [2.05, 4.69) is 0 Å². The summed E-state index contributed by atoms with van der Waals surface area (Å²) in [4.78, 5) is 0.176. The number of halogens is 1. The fourth-order valence-electron chi connectivity index (χ4n) is 2.95. The van der Waals surface area contributed by atoms with Crippen molar-refractivity contribution in [2.75, 3.05) is 20.0 Å². The minimum Gasteiger partial charge on any atom is -0.393 e. The lowest BCUT2D eigenvalue weighted by Gasteiger charge is -2.15. The van der Waals surface area contributed by atoms with Gasteiger partial charge < -0.3 is 10.5 Å². The van der Waals surface area contributed by atoms with E-state index >= 15 is 0 Å². The predicted octanol–water partition coefficient (Wildman–Crippen LogP) is 1.77. The molecular weight excluding hydrogens is 318 g/mol. The highest BCUT2D eigenvalue weighted by molar-refractivity contribution is 7.92. The first-order valence-corrected chi connectivity index (χ1v) is 8.72. The highest BCUT2D eigenvalue weighted by Gasteiger charge is 2.71. The third-order valence-electron chi connectivity index (χ3n) is 3.79. The average molecular weight is 334 g/mol. The molecule has 2 N–H and O–H groups in total. The Hall–Kier alpha value is -0.690. The maximum atomic E-state index is 12.0. The molecule has 1 aliphatic rings. The van der Waals surface area contributed by atoms with Crippen LogP contribution in [0.1, 0.15) is 11.5 Å². The molecule has 0 amide bonds. The van der Waals surface area contributed by atoms with Crippen molar-refractivity contribution in [1.29, 1.82) is 0 Å². The van der Waals surface area contributed by atoms with Gasteiger partial charge in [-0.15, -0.1) is 0 Å². The van der Waals surface area contributed by atoms with Crippen molar-refractivity contribution < 1.29 is 13.2 Å². The van der Waals surface area contributed by atoms with Gasteiger partial charge in [-0.3, -0.25) is 0 Å². The van der Waals surface area contributed by atoms with E-state index in [0.717, 1.165) is 5.56 Å². The summed E-state index contributed by atoms with van der Waals surface area (Å²) in [6, 6.07) is 7.07. The van der Waals surface area contributed by atoms with Crippen molar-refractivity contribution in [3.05, 3.63) is 34.9 Å². The van der Waals surface area contributed by atoms with Crippen LogP contribution in [0.15, 0.2) is 24.3 Å². The molecule has 110 valence electrons. The summed E-state index contributed by atoms with van der Waals surface area (Å²) in [6.45, 7) is 0.188. The van der Waals surface area contributed by atoms with Crippen LogP contribution in [-0.2, 0) is 14.6 Å². The summed E-state index contributed by atoms with van der Waals surface area (Å²) in [5, 5.41) is -0.0494. The molecule has 7 heteroatoms. The number of nitrogens with two attached hydrogens (primary N) is 1. The second kappa shape index (κ2) is 5.26. The first-order chi connectivity index (χ1) is 9.25. The van der Waals surface area contributed by atoms with Crippen LogP contribution in [0, 0.1) is 5.41 Å². The van der Waals surface area contributed by atoms with Gasteiger partial charge in [0.05, 0.1) is 22.3 Å². The molecule has 1 aliphatic carbocycles. The van der Waals surface area contributed by atoms with E-state index < -0.39 is 20.5 Å². The van der Waals surface area contributed by atoms with Gasteiger partial charge in [-0.1, -0.05) is 36.0 Å². The fraction of sp³-hybridized carbons (Fsp3) is 0.462. The van der Waals surface area contributed by atoms with Crippen LogP contribution in [0.5, 0.6) is 0 Å². The number of benzene rings is 1. The molecular formula is C13H16ClNO3S2. The number of ether oxygens (including phenoxy) is 1. The van der Waals surface area contributed by atoms with Gasteiger partial charge in [0.25, 0.3) is 0 Å². The van der Waals surface area contributed by atoms with Crippen molar-refractivity contribution in [3.63, 3.8) is 0 Å². The van der Waals surface area contributed by atoms with E-state index in [-0.39, 0.29) is 17.5 Å². The van der Waals surface area contributed by atoms with Crippen molar-refractivity contribution in [2.24, 2.45) is 11.1 Å². The number of methoxy groups -OCH3 is 1. The monoisotopic (exact) mass is 333 g/mol. The Morgan fingerprint density at radius 2 is 2.00 bits per heavy atom. The van der Waals surface area contributed by atoms with E-state index in [1.807, 2.05) is 0 Å². The average Bonchev–Trinajstić information content (AvgIpc) is 3.01. The van der Waals surface area contributed by atoms with Crippen molar-refractivity contribution >= 4 is 38.6 Å². The van der Waals surface area contributed by atoms with E-state index in [9.17, 15) is 8.42 Å². The Morgan fingerprint density at radius 1 is 1.45 bits per heavy atom. The van der Waals surface area contributed by atoms with E-state index in [0.29, 0.717) is 5.02 Å². The van der Waals surface area contributed by atoms with Crippen LogP contribution < -0.4 is 5.73 Å². The summed E-state index contributed by atoms with van der Waals surface area (Å²) in [7, 11) is -1.78. The molecule has 20 heavy (non-hydrogen) atoms. The number of thiocarbonyl (C=S) groups is 1. The molecule has 4 nitrogen and oxygen atoms in total. The van der Waals surface area contributed by atoms with Gasteiger partial charge in [0.15, 0.2) is 9.84 Å². The molecule has 0 spiro atoms. The van der Waals surface area contributed by atoms with Crippen LogP contribution in [0.25, 0.3) is 0 Å². The molecule has 1 fully saturated rings.